The van der Waals surface area contributed by atoms with Crippen molar-refractivity contribution in [2.24, 2.45) is 0 Å². The third kappa shape index (κ3) is 1.58. The predicted molar refractivity (Wildman–Crippen MR) is 36.0 cm³/mol. The van der Waals surface area contributed by atoms with Crippen LogP contribution in [-0.2, 0) is 4.74 Å². The number of hydrogen-bond acceptors (Lipinski definition) is 6. The van der Waals surface area contributed by atoms with Crippen molar-refractivity contribution in [1.82, 2.24) is 0 Å². The third-order valence-electron chi connectivity index (χ3n) is 1.87. The molecule has 12 heavy (non-hydrogen) atoms. The first-order chi connectivity index (χ1) is 5.57. The van der Waals surface area contributed by atoms with E-state index in [4.69, 9.17) is 25.5 Å². The Morgan fingerprint density at radius 3 is 2.00 bits per heavy atom. The smallest absolute Gasteiger partial charge is 0.184 e. The zero-order valence-electron chi connectivity index (χ0n) is 6.24. The summed E-state index contributed by atoms with van der Waals surface area (Å²) in [6.07, 6.45) is -7.04. The van der Waals surface area contributed by atoms with Crippen molar-refractivity contribution in [2.75, 3.05) is 6.61 Å². The van der Waals surface area contributed by atoms with Gasteiger partial charge >= 0.3 is 0 Å². The third-order valence-corrected chi connectivity index (χ3v) is 1.87. The lowest BCUT2D eigenvalue weighted by atomic mass is 10.00. The van der Waals surface area contributed by atoms with Gasteiger partial charge in [-0.1, -0.05) is 0 Å². The molecular weight excluding hydrogens is 168 g/mol. The summed E-state index contributed by atoms with van der Waals surface area (Å²) in [6.45, 7) is -0.526. The van der Waals surface area contributed by atoms with Crippen molar-refractivity contribution in [3.05, 3.63) is 0 Å². The quantitative estimate of drug-likeness (QED) is 0.290. The van der Waals surface area contributed by atoms with Gasteiger partial charge < -0.3 is 30.3 Å². The number of rotatable bonds is 1. The molecule has 0 radical (unpaired) electrons. The van der Waals surface area contributed by atoms with E-state index in [0.717, 1.165) is 0 Å². The standard InChI is InChI=1S/C6H12O6/c7-1-2-3(8)4(9)5(10)6(11)12-2/h2-11H,1H2/t2-,3-,4?,5?,6?/m1/s1. The summed E-state index contributed by atoms with van der Waals surface area (Å²) in [4.78, 5) is 0. The maximum atomic E-state index is 9.12. The second kappa shape index (κ2) is 3.65. The minimum Gasteiger partial charge on any atom is -0.394 e. The fraction of sp³-hybridized carbons (Fsp3) is 1.00. The van der Waals surface area contributed by atoms with E-state index in [1.165, 1.54) is 0 Å². The molecule has 1 rings (SSSR count). The zero-order chi connectivity index (χ0) is 9.30. The van der Waals surface area contributed by atoms with Crippen molar-refractivity contribution in [3.63, 3.8) is 0 Å². The van der Waals surface area contributed by atoms with E-state index < -0.39 is 37.3 Å². The first kappa shape index (κ1) is 9.85. The van der Waals surface area contributed by atoms with Crippen molar-refractivity contribution in [2.45, 2.75) is 30.7 Å². The fourth-order valence-corrected chi connectivity index (χ4v) is 1.08. The SMILES string of the molecule is OC[C@H]1OC(O)C(O)C(O)[C@@H]1O. The topological polar surface area (TPSA) is 110 Å². The molecule has 1 aliphatic rings. The van der Waals surface area contributed by atoms with Gasteiger partial charge in [0.1, 0.15) is 24.4 Å². The number of ether oxygens (including phenoxy) is 1. The Morgan fingerprint density at radius 1 is 0.917 bits per heavy atom. The van der Waals surface area contributed by atoms with Crippen LogP contribution in [-0.4, -0.2) is 62.8 Å². The van der Waals surface area contributed by atoms with Crippen LogP contribution < -0.4 is 0 Å². The van der Waals surface area contributed by atoms with Crippen LogP contribution in [0.3, 0.4) is 0 Å². The molecule has 0 aromatic rings. The Bertz CT molecular complexity index is 146. The van der Waals surface area contributed by atoms with Gasteiger partial charge in [-0.15, -0.1) is 0 Å². The van der Waals surface area contributed by atoms with Gasteiger partial charge in [-0.05, 0) is 0 Å². The molecule has 0 spiro atoms. The van der Waals surface area contributed by atoms with E-state index in [-0.39, 0.29) is 0 Å². The highest BCUT2D eigenvalue weighted by atomic mass is 16.6. The second-order valence-electron chi connectivity index (χ2n) is 2.72. The van der Waals surface area contributed by atoms with Gasteiger partial charge in [0.15, 0.2) is 6.29 Å². The Hall–Kier alpha value is -0.240. The van der Waals surface area contributed by atoms with Crippen LogP contribution in [0, 0.1) is 0 Å². The lowest BCUT2D eigenvalue weighted by Gasteiger charge is -2.37. The molecule has 3 unspecified atom stereocenters. The second-order valence-corrected chi connectivity index (χ2v) is 2.72. The van der Waals surface area contributed by atoms with Gasteiger partial charge in [-0.25, -0.2) is 0 Å². The van der Waals surface area contributed by atoms with Crippen LogP contribution in [0.4, 0.5) is 0 Å². The largest absolute Gasteiger partial charge is 0.394 e. The van der Waals surface area contributed by atoms with Crippen LogP contribution in [0.25, 0.3) is 0 Å². The van der Waals surface area contributed by atoms with Crippen molar-refractivity contribution < 1.29 is 30.3 Å². The summed E-state index contributed by atoms with van der Waals surface area (Å²) in [7, 11) is 0. The van der Waals surface area contributed by atoms with Crippen molar-refractivity contribution in [1.29, 1.82) is 0 Å². The molecule has 1 fully saturated rings. The van der Waals surface area contributed by atoms with Gasteiger partial charge in [-0.2, -0.15) is 0 Å². The monoisotopic (exact) mass is 180 g/mol. The van der Waals surface area contributed by atoms with Gasteiger partial charge in [0.05, 0.1) is 6.61 Å². The normalized spacial score (nSPS) is 49.2. The average Bonchev–Trinajstić information content (AvgIpc) is 2.08. The van der Waals surface area contributed by atoms with Gasteiger partial charge in [-0.3, -0.25) is 0 Å². The minimum atomic E-state index is -1.57. The molecule has 5 atom stereocenters. The molecule has 72 valence electrons. The Kier molecular flexibility index (Phi) is 2.99. The van der Waals surface area contributed by atoms with E-state index in [0.29, 0.717) is 0 Å². The molecule has 6 nitrogen and oxygen atoms in total. The maximum absolute atomic E-state index is 9.12. The highest BCUT2D eigenvalue weighted by Gasteiger charge is 2.42. The molecule has 1 heterocycles. The van der Waals surface area contributed by atoms with Crippen LogP contribution in [0.15, 0.2) is 0 Å². The predicted octanol–water partition coefficient (Wildman–Crippen LogP) is -3.22. The highest BCUT2D eigenvalue weighted by molar-refractivity contribution is 4.87. The van der Waals surface area contributed by atoms with Crippen LogP contribution in [0.2, 0.25) is 0 Å². The van der Waals surface area contributed by atoms with E-state index in [9.17, 15) is 0 Å². The molecule has 0 saturated carbocycles. The zero-order valence-corrected chi connectivity index (χ0v) is 6.24. The summed E-state index contributed by atoms with van der Waals surface area (Å²) in [5, 5.41) is 44.7. The molecular formula is C6H12O6. The summed E-state index contributed by atoms with van der Waals surface area (Å²) < 4.78 is 4.58. The maximum Gasteiger partial charge on any atom is 0.184 e. The molecule has 0 amide bonds. The van der Waals surface area contributed by atoms with E-state index in [1.54, 1.807) is 0 Å². The fourth-order valence-electron chi connectivity index (χ4n) is 1.08. The number of hydrogen-bond donors (Lipinski definition) is 5. The summed E-state index contributed by atoms with van der Waals surface area (Å²) >= 11 is 0. The minimum absolute atomic E-state index is 0.526. The first-order valence-electron chi connectivity index (χ1n) is 3.56. The summed E-state index contributed by atoms with van der Waals surface area (Å²) in [5.41, 5.74) is 0. The van der Waals surface area contributed by atoms with Crippen molar-refractivity contribution >= 4 is 0 Å². The van der Waals surface area contributed by atoms with Crippen LogP contribution in [0.5, 0.6) is 0 Å². The molecule has 0 bridgehead atoms. The Labute approximate surface area is 68.6 Å². The van der Waals surface area contributed by atoms with Gasteiger partial charge in [0.2, 0.25) is 0 Å². The van der Waals surface area contributed by atoms with Gasteiger partial charge in [0, 0.05) is 0 Å². The highest BCUT2D eigenvalue weighted by Crippen LogP contribution is 2.18. The van der Waals surface area contributed by atoms with E-state index in [2.05, 4.69) is 4.74 Å². The van der Waals surface area contributed by atoms with Crippen molar-refractivity contribution in [3.8, 4) is 0 Å². The first-order valence-corrected chi connectivity index (χ1v) is 3.56. The van der Waals surface area contributed by atoms with E-state index >= 15 is 0 Å². The molecule has 0 aromatic carbocycles. The number of aliphatic hydroxyl groups excluding tert-OH is 5. The Morgan fingerprint density at radius 2 is 1.50 bits per heavy atom. The molecule has 0 aliphatic carbocycles. The average molecular weight is 180 g/mol. The molecule has 1 aliphatic heterocycles. The Balaban J connectivity index is 2.63. The lowest BCUT2D eigenvalue weighted by molar-refractivity contribution is -0.286. The molecule has 5 N–H and O–H groups in total. The van der Waals surface area contributed by atoms with Crippen LogP contribution >= 0.6 is 0 Å². The summed E-state index contributed by atoms with van der Waals surface area (Å²) in [6, 6.07) is 0. The van der Waals surface area contributed by atoms with Crippen LogP contribution in [0.1, 0.15) is 0 Å². The molecule has 6 heteroatoms. The van der Waals surface area contributed by atoms with Gasteiger partial charge in [0.25, 0.3) is 0 Å². The lowest BCUT2D eigenvalue weighted by Crippen LogP contribution is -2.58. The molecule has 1 saturated heterocycles. The summed E-state index contributed by atoms with van der Waals surface area (Å²) in [5.74, 6) is 0. The number of aliphatic hydroxyl groups is 5. The van der Waals surface area contributed by atoms with E-state index in [1.807, 2.05) is 0 Å². The molecule has 0 aromatic heterocycles.